The van der Waals surface area contributed by atoms with E-state index < -0.39 is 0 Å². The Balaban J connectivity index is 2.35. The molecule has 0 spiro atoms. The van der Waals surface area contributed by atoms with Gasteiger partial charge in [0.25, 0.3) is 5.56 Å². The topological polar surface area (TPSA) is 100 Å². The molecule has 3 N–H and O–H groups in total. The van der Waals surface area contributed by atoms with Crippen molar-refractivity contribution in [2.75, 3.05) is 5.73 Å². The number of nitrogen functional groups attached to an aromatic ring is 1. The molecule has 0 aliphatic heterocycles. The molecule has 2 heterocycles. The summed E-state index contributed by atoms with van der Waals surface area (Å²) in [6, 6.07) is 2.14. The molecule has 1 saturated carbocycles. The molecule has 2 aromatic rings. The number of nitrogens with zero attached hydrogens (tertiary/aromatic N) is 3. The van der Waals surface area contributed by atoms with Gasteiger partial charge in [-0.3, -0.25) is 14.5 Å². The summed E-state index contributed by atoms with van der Waals surface area (Å²) in [7, 11) is 0. The summed E-state index contributed by atoms with van der Waals surface area (Å²) in [5.41, 5.74) is 7.04. The van der Waals surface area contributed by atoms with Crippen LogP contribution in [0.2, 0.25) is 0 Å². The van der Waals surface area contributed by atoms with E-state index in [1.54, 1.807) is 11.5 Å². The van der Waals surface area contributed by atoms with Crippen LogP contribution < -0.4 is 11.3 Å². The molecule has 6 heteroatoms. The van der Waals surface area contributed by atoms with Crippen molar-refractivity contribution in [2.45, 2.75) is 45.1 Å². The first-order chi connectivity index (χ1) is 9.65. The molecule has 104 valence electrons. The summed E-state index contributed by atoms with van der Waals surface area (Å²) in [5, 5.41) is 16.9. The maximum Gasteiger partial charge on any atom is 0.270 e. The van der Waals surface area contributed by atoms with Crippen LogP contribution in [0.15, 0.2) is 4.79 Å². The second-order valence-electron chi connectivity index (χ2n) is 5.41. The third kappa shape index (κ3) is 1.70. The van der Waals surface area contributed by atoms with E-state index in [2.05, 4.69) is 10.2 Å². The number of aromatic amines is 1. The Hall–Kier alpha value is -2.29. The maximum absolute atomic E-state index is 12.6. The molecule has 1 aliphatic carbocycles. The second-order valence-corrected chi connectivity index (χ2v) is 5.41. The van der Waals surface area contributed by atoms with E-state index in [0.717, 1.165) is 25.7 Å². The summed E-state index contributed by atoms with van der Waals surface area (Å²) in [5.74, 6) is 0.415. The van der Waals surface area contributed by atoms with Gasteiger partial charge in [-0.15, -0.1) is 0 Å². The van der Waals surface area contributed by atoms with Gasteiger partial charge in [0, 0.05) is 6.04 Å². The molecule has 0 atom stereocenters. The maximum atomic E-state index is 12.6. The number of anilines is 1. The van der Waals surface area contributed by atoms with Crippen molar-refractivity contribution in [2.24, 2.45) is 0 Å². The van der Waals surface area contributed by atoms with Crippen LogP contribution in [0.1, 0.15) is 49.3 Å². The minimum absolute atomic E-state index is 0.120. The van der Waals surface area contributed by atoms with Crippen molar-refractivity contribution < 1.29 is 0 Å². The highest BCUT2D eigenvalue weighted by Crippen LogP contribution is 2.31. The Morgan fingerprint density at radius 3 is 2.75 bits per heavy atom. The van der Waals surface area contributed by atoms with E-state index in [1.165, 1.54) is 6.42 Å². The number of hydrogen-bond acceptors (Lipinski definition) is 4. The molecule has 0 saturated heterocycles. The molecule has 1 aliphatic rings. The minimum atomic E-state index is -0.240. The number of fused-ring (bicyclic) bond motifs is 1. The van der Waals surface area contributed by atoms with E-state index in [9.17, 15) is 10.1 Å². The van der Waals surface area contributed by atoms with E-state index in [-0.39, 0.29) is 17.2 Å². The highest BCUT2D eigenvalue weighted by molar-refractivity contribution is 5.90. The smallest absolute Gasteiger partial charge is 0.270 e. The first kappa shape index (κ1) is 12.7. The van der Waals surface area contributed by atoms with E-state index in [0.29, 0.717) is 22.4 Å². The Morgan fingerprint density at radius 1 is 1.40 bits per heavy atom. The van der Waals surface area contributed by atoms with Gasteiger partial charge in [-0.25, -0.2) is 0 Å². The molecule has 20 heavy (non-hydrogen) atoms. The Bertz CT molecular complexity index is 758. The molecular weight excluding hydrogens is 254 g/mol. The van der Waals surface area contributed by atoms with Crippen molar-refractivity contribution >= 4 is 16.9 Å². The predicted molar refractivity (Wildman–Crippen MR) is 76.3 cm³/mol. The van der Waals surface area contributed by atoms with Gasteiger partial charge >= 0.3 is 0 Å². The Labute approximate surface area is 116 Å². The molecule has 1 fully saturated rings. The number of aryl methyl sites for hydroxylation is 1. The number of nitrogens with two attached hydrogens (primary N) is 1. The third-order valence-corrected chi connectivity index (χ3v) is 4.24. The van der Waals surface area contributed by atoms with Crippen LogP contribution in [0.25, 0.3) is 11.0 Å². The summed E-state index contributed by atoms with van der Waals surface area (Å²) in [4.78, 5) is 12.6. The summed E-state index contributed by atoms with van der Waals surface area (Å²) in [6.07, 6.45) is 5.32. The van der Waals surface area contributed by atoms with Gasteiger partial charge in [0.2, 0.25) is 0 Å². The molecule has 0 bridgehead atoms. The van der Waals surface area contributed by atoms with Crippen LogP contribution in [-0.4, -0.2) is 14.8 Å². The molecule has 0 radical (unpaired) electrons. The Kier molecular flexibility index (Phi) is 2.97. The molecule has 2 aromatic heterocycles. The lowest BCUT2D eigenvalue weighted by Gasteiger charge is -2.24. The average Bonchev–Trinajstić information content (AvgIpc) is 2.83. The lowest BCUT2D eigenvalue weighted by atomic mass is 9.94. The van der Waals surface area contributed by atoms with Crippen LogP contribution in [-0.2, 0) is 0 Å². The molecule has 3 rings (SSSR count). The van der Waals surface area contributed by atoms with Gasteiger partial charge < -0.3 is 5.73 Å². The van der Waals surface area contributed by atoms with Gasteiger partial charge in [-0.05, 0) is 25.3 Å². The fourth-order valence-corrected chi connectivity index (χ4v) is 3.20. The number of H-pyrrole nitrogens is 1. The SMILES string of the molecule is Cc1c(C#N)c(=O)n(C2CCCCC2)c2n[nH]c(N)c12. The highest BCUT2D eigenvalue weighted by Gasteiger charge is 2.24. The largest absolute Gasteiger partial charge is 0.384 e. The van der Waals surface area contributed by atoms with Gasteiger partial charge in [-0.2, -0.15) is 10.4 Å². The van der Waals surface area contributed by atoms with Gasteiger partial charge in [-0.1, -0.05) is 19.3 Å². The fourth-order valence-electron chi connectivity index (χ4n) is 3.20. The van der Waals surface area contributed by atoms with Crippen molar-refractivity contribution in [1.29, 1.82) is 5.26 Å². The number of nitriles is 1. The molecule has 0 unspecified atom stereocenters. The van der Waals surface area contributed by atoms with E-state index >= 15 is 0 Å². The van der Waals surface area contributed by atoms with E-state index in [1.807, 2.05) is 6.07 Å². The number of hydrogen-bond donors (Lipinski definition) is 2. The molecular formula is C14H17N5O. The lowest BCUT2D eigenvalue weighted by molar-refractivity contribution is 0.352. The van der Waals surface area contributed by atoms with Crippen LogP contribution in [0.5, 0.6) is 0 Å². The standard InChI is InChI=1S/C14H17N5O/c1-8-10(7-15)14(20)19(9-5-3-2-4-6-9)13-11(8)12(16)17-18-13/h9H,2-6H2,1H3,(H3,16,17,18). The zero-order valence-electron chi connectivity index (χ0n) is 11.4. The molecule has 0 amide bonds. The number of rotatable bonds is 1. The Morgan fingerprint density at radius 2 is 2.10 bits per heavy atom. The van der Waals surface area contributed by atoms with Crippen LogP contribution in [0.4, 0.5) is 5.82 Å². The van der Waals surface area contributed by atoms with Crippen molar-refractivity contribution in [3.05, 3.63) is 21.5 Å². The van der Waals surface area contributed by atoms with Crippen LogP contribution in [0.3, 0.4) is 0 Å². The first-order valence-corrected chi connectivity index (χ1v) is 6.94. The van der Waals surface area contributed by atoms with E-state index in [4.69, 9.17) is 5.73 Å². The quantitative estimate of drug-likeness (QED) is 0.828. The fraction of sp³-hybridized carbons (Fsp3) is 0.500. The van der Waals surface area contributed by atoms with Gasteiger partial charge in [0.1, 0.15) is 17.5 Å². The predicted octanol–water partition coefficient (Wildman–Crippen LogP) is 1.99. The zero-order chi connectivity index (χ0) is 14.3. The summed E-state index contributed by atoms with van der Waals surface area (Å²) < 4.78 is 1.67. The van der Waals surface area contributed by atoms with Crippen LogP contribution >= 0.6 is 0 Å². The summed E-state index contributed by atoms with van der Waals surface area (Å²) in [6.45, 7) is 1.75. The van der Waals surface area contributed by atoms with Gasteiger partial charge in [0.05, 0.1) is 5.39 Å². The van der Waals surface area contributed by atoms with Crippen molar-refractivity contribution in [1.82, 2.24) is 14.8 Å². The third-order valence-electron chi connectivity index (χ3n) is 4.24. The second kappa shape index (κ2) is 4.67. The molecule has 6 nitrogen and oxygen atoms in total. The lowest BCUT2D eigenvalue weighted by Crippen LogP contribution is -2.29. The zero-order valence-corrected chi connectivity index (χ0v) is 11.4. The van der Waals surface area contributed by atoms with Gasteiger partial charge in [0.15, 0.2) is 5.65 Å². The van der Waals surface area contributed by atoms with Crippen molar-refractivity contribution in [3.63, 3.8) is 0 Å². The highest BCUT2D eigenvalue weighted by atomic mass is 16.1. The number of aromatic nitrogens is 3. The summed E-state index contributed by atoms with van der Waals surface area (Å²) >= 11 is 0. The average molecular weight is 271 g/mol. The van der Waals surface area contributed by atoms with Crippen LogP contribution in [0, 0.1) is 18.3 Å². The minimum Gasteiger partial charge on any atom is -0.384 e. The monoisotopic (exact) mass is 271 g/mol. The first-order valence-electron chi connectivity index (χ1n) is 6.94. The molecule has 0 aromatic carbocycles. The normalized spacial score (nSPS) is 16.4. The number of nitrogens with one attached hydrogen (secondary N) is 1. The van der Waals surface area contributed by atoms with Crippen molar-refractivity contribution in [3.8, 4) is 6.07 Å². The number of pyridine rings is 1.